The molecule has 2 aromatic rings. The molecule has 100 valence electrons. The molecule has 2 aromatic carbocycles. The van der Waals surface area contributed by atoms with Crippen molar-refractivity contribution in [1.29, 1.82) is 0 Å². The van der Waals surface area contributed by atoms with Gasteiger partial charge in [0.15, 0.2) is 0 Å². The molecule has 0 saturated heterocycles. The van der Waals surface area contributed by atoms with Gasteiger partial charge in [-0.2, -0.15) is 5.10 Å². The quantitative estimate of drug-likeness (QED) is 0.658. The second kappa shape index (κ2) is 6.29. The minimum atomic E-state index is -0.981. The maximum absolute atomic E-state index is 11.7. The van der Waals surface area contributed by atoms with E-state index >= 15 is 0 Å². The van der Waals surface area contributed by atoms with Gasteiger partial charge in [-0.15, -0.1) is 0 Å². The van der Waals surface area contributed by atoms with Gasteiger partial charge in [-0.1, -0.05) is 30.3 Å². The number of carbonyl (C=O) groups is 2. The van der Waals surface area contributed by atoms with Crippen molar-refractivity contribution in [2.75, 3.05) is 0 Å². The van der Waals surface area contributed by atoms with Crippen molar-refractivity contribution >= 4 is 18.1 Å². The number of carboxylic acids is 1. The van der Waals surface area contributed by atoms with Crippen molar-refractivity contribution in [3.05, 3.63) is 71.3 Å². The fourth-order valence-electron chi connectivity index (χ4n) is 1.53. The number of aromatic carboxylic acids is 1. The largest absolute Gasteiger partial charge is 0.478 e. The normalized spacial score (nSPS) is 10.4. The molecule has 5 heteroatoms. The Kier molecular flexibility index (Phi) is 4.24. The van der Waals surface area contributed by atoms with Gasteiger partial charge in [0, 0.05) is 5.56 Å². The number of amides is 1. The molecule has 2 N–H and O–H groups in total. The maximum Gasteiger partial charge on any atom is 0.335 e. The van der Waals surface area contributed by atoms with Crippen molar-refractivity contribution < 1.29 is 14.7 Å². The van der Waals surface area contributed by atoms with Gasteiger partial charge in [-0.3, -0.25) is 4.79 Å². The van der Waals surface area contributed by atoms with E-state index in [1.807, 2.05) is 6.07 Å². The molecule has 0 aromatic heterocycles. The first-order valence-electron chi connectivity index (χ1n) is 5.88. The number of hydrogen-bond donors (Lipinski definition) is 2. The molecule has 0 aliphatic carbocycles. The average molecular weight is 268 g/mol. The molecule has 0 saturated carbocycles. The highest BCUT2D eigenvalue weighted by Gasteiger charge is 2.02. The molecule has 0 fully saturated rings. The van der Waals surface area contributed by atoms with Gasteiger partial charge in [-0.25, -0.2) is 10.2 Å². The number of hydrogen-bond acceptors (Lipinski definition) is 3. The van der Waals surface area contributed by atoms with Crippen LogP contribution in [0.5, 0.6) is 0 Å². The second-order valence-corrected chi connectivity index (χ2v) is 3.99. The molecular formula is C15H12N2O3. The summed E-state index contributed by atoms with van der Waals surface area (Å²) in [5.74, 6) is -1.28. The van der Waals surface area contributed by atoms with E-state index in [9.17, 15) is 9.59 Å². The summed E-state index contributed by atoms with van der Waals surface area (Å²) in [4.78, 5) is 22.4. The molecular weight excluding hydrogens is 256 g/mol. The van der Waals surface area contributed by atoms with Crippen molar-refractivity contribution in [3.8, 4) is 0 Å². The Balaban J connectivity index is 1.96. The highest BCUT2D eigenvalue weighted by Crippen LogP contribution is 2.02. The zero-order valence-corrected chi connectivity index (χ0v) is 10.5. The lowest BCUT2D eigenvalue weighted by Crippen LogP contribution is -2.17. The maximum atomic E-state index is 11.7. The first kappa shape index (κ1) is 13.5. The first-order chi connectivity index (χ1) is 9.66. The van der Waals surface area contributed by atoms with Crippen LogP contribution in [0.3, 0.4) is 0 Å². The fraction of sp³-hybridized carbons (Fsp3) is 0. The van der Waals surface area contributed by atoms with Gasteiger partial charge >= 0.3 is 5.97 Å². The third-order valence-electron chi connectivity index (χ3n) is 2.57. The van der Waals surface area contributed by atoms with Crippen LogP contribution in [-0.4, -0.2) is 23.2 Å². The van der Waals surface area contributed by atoms with E-state index in [1.165, 1.54) is 18.3 Å². The average Bonchev–Trinajstić information content (AvgIpc) is 2.48. The summed E-state index contributed by atoms with van der Waals surface area (Å²) in [5, 5.41) is 12.6. The summed E-state index contributed by atoms with van der Waals surface area (Å²) in [6, 6.07) is 14.9. The van der Waals surface area contributed by atoms with E-state index in [-0.39, 0.29) is 11.5 Å². The van der Waals surface area contributed by atoms with Crippen molar-refractivity contribution in [2.24, 2.45) is 5.10 Å². The lowest BCUT2D eigenvalue weighted by atomic mass is 10.1. The molecule has 0 radical (unpaired) electrons. The number of carbonyl (C=O) groups excluding carboxylic acids is 1. The molecule has 2 rings (SSSR count). The third kappa shape index (κ3) is 3.52. The number of carboxylic acid groups (broad SMARTS) is 1. The van der Waals surface area contributed by atoms with Crippen LogP contribution in [0.2, 0.25) is 0 Å². The minimum Gasteiger partial charge on any atom is -0.478 e. The number of rotatable bonds is 4. The Morgan fingerprint density at radius 2 is 1.60 bits per heavy atom. The van der Waals surface area contributed by atoms with Crippen LogP contribution in [0.15, 0.2) is 59.7 Å². The predicted octanol–water partition coefficient (Wildman–Crippen LogP) is 2.15. The summed E-state index contributed by atoms with van der Waals surface area (Å²) in [6.07, 6.45) is 1.45. The highest BCUT2D eigenvalue weighted by atomic mass is 16.4. The van der Waals surface area contributed by atoms with Crippen LogP contribution < -0.4 is 5.43 Å². The first-order valence-corrected chi connectivity index (χ1v) is 5.88. The molecule has 0 spiro atoms. The Morgan fingerprint density at radius 3 is 2.20 bits per heavy atom. The van der Waals surface area contributed by atoms with Gasteiger partial charge in [0.2, 0.25) is 0 Å². The third-order valence-corrected chi connectivity index (χ3v) is 2.57. The number of nitrogens with one attached hydrogen (secondary N) is 1. The number of hydrazone groups is 1. The SMILES string of the molecule is O=C(O)c1ccc(/C=N/NC(=O)c2ccccc2)cc1. The van der Waals surface area contributed by atoms with Gasteiger partial charge < -0.3 is 5.11 Å². The van der Waals surface area contributed by atoms with E-state index in [0.29, 0.717) is 11.1 Å². The Labute approximate surface area is 115 Å². The highest BCUT2D eigenvalue weighted by molar-refractivity contribution is 5.95. The standard InChI is InChI=1S/C15H12N2O3/c18-14(12-4-2-1-3-5-12)17-16-10-11-6-8-13(9-7-11)15(19)20/h1-10H,(H,17,18)(H,19,20)/b16-10+. The van der Waals surface area contributed by atoms with Crippen LogP contribution in [0.1, 0.15) is 26.3 Å². The van der Waals surface area contributed by atoms with Crippen LogP contribution in [0.4, 0.5) is 0 Å². The summed E-state index contributed by atoms with van der Waals surface area (Å²) in [7, 11) is 0. The number of nitrogens with zero attached hydrogens (tertiary/aromatic N) is 1. The van der Waals surface area contributed by atoms with E-state index in [4.69, 9.17) is 5.11 Å². The molecule has 20 heavy (non-hydrogen) atoms. The van der Waals surface area contributed by atoms with Crippen LogP contribution in [0.25, 0.3) is 0 Å². The molecule has 0 atom stereocenters. The topological polar surface area (TPSA) is 78.8 Å². The monoisotopic (exact) mass is 268 g/mol. The van der Waals surface area contributed by atoms with Crippen LogP contribution in [0, 0.1) is 0 Å². The summed E-state index contributed by atoms with van der Waals surface area (Å²) in [6.45, 7) is 0. The van der Waals surface area contributed by atoms with Gasteiger partial charge in [0.1, 0.15) is 0 Å². The lowest BCUT2D eigenvalue weighted by Gasteiger charge is -1.99. The second-order valence-electron chi connectivity index (χ2n) is 3.99. The van der Waals surface area contributed by atoms with Gasteiger partial charge in [0.05, 0.1) is 11.8 Å². The van der Waals surface area contributed by atoms with Crippen molar-refractivity contribution in [2.45, 2.75) is 0 Å². The molecule has 0 unspecified atom stereocenters. The molecule has 0 aliphatic heterocycles. The zero-order valence-electron chi connectivity index (χ0n) is 10.5. The molecule has 5 nitrogen and oxygen atoms in total. The summed E-state index contributed by atoms with van der Waals surface area (Å²) >= 11 is 0. The molecule has 0 heterocycles. The summed E-state index contributed by atoms with van der Waals surface area (Å²) < 4.78 is 0. The predicted molar refractivity (Wildman–Crippen MR) is 74.9 cm³/mol. The van der Waals surface area contributed by atoms with E-state index < -0.39 is 5.97 Å². The van der Waals surface area contributed by atoms with E-state index in [0.717, 1.165) is 0 Å². The van der Waals surface area contributed by atoms with E-state index in [1.54, 1.807) is 36.4 Å². The molecule has 0 aliphatic rings. The molecule has 0 bridgehead atoms. The zero-order chi connectivity index (χ0) is 14.4. The number of benzene rings is 2. The summed E-state index contributed by atoms with van der Waals surface area (Å²) in [5.41, 5.74) is 3.82. The fourth-order valence-corrected chi connectivity index (χ4v) is 1.53. The van der Waals surface area contributed by atoms with Crippen LogP contribution in [-0.2, 0) is 0 Å². The Bertz CT molecular complexity index is 634. The Hall–Kier alpha value is -2.95. The smallest absolute Gasteiger partial charge is 0.335 e. The van der Waals surface area contributed by atoms with E-state index in [2.05, 4.69) is 10.5 Å². The Morgan fingerprint density at radius 1 is 0.950 bits per heavy atom. The van der Waals surface area contributed by atoms with Crippen LogP contribution >= 0.6 is 0 Å². The van der Waals surface area contributed by atoms with Crippen molar-refractivity contribution in [3.63, 3.8) is 0 Å². The lowest BCUT2D eigenvalue weighted by molar-refractivity contribution is 0.0696. The molecule has 1 amide bonds. The van der Waals surface area contributed by atoms with Gasteiger partial charge in [-0.05, 0) is 29.8 Å². The van der Waals surface area contributed by atoms with Gasteiger partial charge in [0.25, 0.3) is 5.91 Å². The van der Waals surface area contributed by atoms with Crippen molar-refractivity contribution in [1.82, 2.24) is 5.43 Å². The minimum absolute atomic E-state index is 0.204.